The van der Waals surface area contributed by atoms with Crippen LogP contribution in [0, 0.1) is 0 Å². The van der Waals surface area contributed by atoms with Crippen LogP contribution in [0.5, 0.6) is 5.75 Å². The predicted molar refractivity (Wildman–Crippen MR) is 87.3 cm³/mol. The average Bonchev–Trinajstić information content (AvgIpc) is 3.36. The van der Waals surface area contributed by atoms with Crippen LogP contribution in [0.3, 0.4) is 0 Å². The summed E-state index contributed by atoms with van der Waals surface area (Å²) in [5.41, 5.74) is 2.40. The second-order valence-corrected chi connectivity index (χ2v) is 5.43. The molecule has 0 bridgehead atoms. The Bertz CT molecular complexity index is 570. The quantitative estimate of drug-likeness (QED) is 0.826. The van der Waals surface area contributed by atoms with E-state index >= 15 is 0 Å². The van der Waals surface area contributed by atoms with Crippen LogP contribution in [0.15, 0.2) is 60.7 Å². The van der Waals surface area contributed by atoms with E-state index in [0.717, 1.165) is 18.3 Å². The second-order valence-electron chi connectivity index (χ2n) is 5.43. The molecule has 0 unspecified atom stereocenters. The number of hydrogen-bond donors (Lipinski definition) is 1. The van der Waals surface area contributed by atoms with E-state index in [9.17, 15) is 0 Å². The van der Waals surface area contributed by atoms with Gasteiger partial charge in [-0.3, -0.25) is 0 Å². The highest BCUT2D eigenvalue weighted by molar-refractivity contribution is 5.50. The summed E-state index contributed by atoms with van der Waals surface area (Å²) in [6.45, 7) is 1.57. The predicted octanol–water partition coefficient (Wildman–Crippen LogP) is 4.03. The van der Waals surface area contributed by atoms with E-state index in [4.69, 9.17) is 4.74 Å². The van der Waals surface area contributed by atoms with Gasteiger partial charge in [-0.1, -0.05) is 54.6 Å². The average molecular weight is 279 g/mol. The molecule has 1 N–H and O–H groups in total. The summed E-state index contributed by atoms with van der Waals surface area (Å²) in [7, 11) is 0. The summed E-state index contributed by atoms with van der Waals surface area (Å²) in [6.07, 6.45) is 7.00. The summed E-state index contributed by atoms with van der Waals surface area (Å²) in [4.78, 5) is 0. The van der Waals surface area contributed by atoms with Gasteiger partial charge in [0, 0.05) is 12.6 Å². The molecule has 0 aliphatic heterocycles. The lowest BCUT2D eigenvalue weighted by Gasteiger charge is -2.06. The number of benzene rings is 2. The van der Waals surface area contributed by atoms with Crippen molar-refractivity contribution in [2.45, 2.75) is 25.5 Å². The van der Waals surface area contributed by atoms with Gasteiger partial charge >= 0.3 is 0 Å². The van der Waals surface area contributed by atoms with Crippen LogP contribution in [0.2, 0.25) is 0 Å². The standard InChI is InChI=1S/C19H21NO/c1-2-5-17(6-3-1)15-21-19-12-8-16(9-13-19)7-4-14-20-18-10-11-18/h1-9,12-13,18,20H,10-11,14-15H2. The van der Waals surface area contributed by atoms with Gasteiger partial charge in [-0.2, -0.15) is 0 Å². The molecule has 2 heteroatoms. The van der Waals surface area contributed by atoms with Crippen molar-refractivity contribution in [2.75, 3.05) is 6.54 Å². The lowest BCUT2D eigenvalue weighted by Crippen LogP contribution is -2.15. The van der Waals surface area contributed by atoms with Gasteiger partial charge in [-0.05, 0) is 36.1 Å². The van der Waals surface area contributed by atoms with Gasteiger partial charge in [0.2, 0.25) is 0 Å². The molecule has 0 radical (unpaired) electrons. The van der Waals surface area contributed by atoms with Gasteiger partial charge < -0.3 is 10.1 Å². The van der Waals surface area contributed by atoms with Crippen molar-refractivity contribution in [1.29, 1.82) is 0 Å². The maximum atomic E-state index is 5.78. The Morgan fingerprint density at radius 2 is 1.76 bits per heavy atom. The van der Waals surface area contributed by atoms with Gasteiger partial charge in [-0.25, -0.2) is 0 Å². The minimum absolute atomic E-state index is 0.612. The Hall–Kier alpha value is -2.06. The van der Waals surface area contributed by atoms with Crippen LogP contribution in [0.4, 0.5) is 0 Å². The topological polar surface area (TPSA) is 21.3 Å². The zero-order valence-electron chi connectivity index (χ0n) is 12.2. The summed E-state index contributed by atoms with van der Waals surface area (Å²) < 4.78 is 5.78. The molecule has 2 nitrogen and oxygen atoms in total. The van der Waals surface area contributed by atoms with E-state index in [1.165, 1.54) is 24.0 Å². The normalized spacial score (nSPS) is 14.5. The number of nitrogens with one attached hydrogen (secondary N) is 1. The molecular formula is C19H21NO. The van der Waals surface area contributed by atoms with Crippen LogP contribution in [-0.4, -0.2) is 12.6 Å². The number of rotatable bonds is 7. The molecule has 0 atom stereocenters. The third-order valence-electron chi connectivity index (χ3n) is 3.54. The minimum Gasteiger partial charge on any atom is -0.489 e. The SMILES string of the molecule is C(=Cc1ccc(OCc2ccccc2)cc1)CNC1CC1. The molecule has 0 heterocycles. The molecule has 1 fully saturated rings. The summed E-state index contributed by atoms with van der Waals surface area (Å²) >= 11 is 0. The molecule has 3 rings (SSSR count). The molecule has 108 valence electrons. The van der Waals surface area contributed by atoms with E-state index in [0.29, 0.717) is 6.61 Å². The van der Waals surface area contributed by atoms with Gasteiger partial charge in [-0.15, -0.1) is 0 Å². The van der Waals surface area contributed by atoms with Crippen molar-refractivity contribution >= 4 is 6.08 Å². The Labute approximate surface area is 126 Å². The summed E-state index contributed by atoms with van der Waals surface area (Å²) in [5, 5.41) is 3.47. The molecule has 1 aliphatic carbocycles. The van der Waals surface area contributed by atoms with Gasteiger partial charge in [0.25, 0.3) is 0 Å². The first kappa shape index (κ1) is 13.9. The molecule has 2 aromatic rings. The van der Waals surface area contributed by atoms with Crippen LogP contribution in [0.1, 0.15) is 24.0 Å². The fourth-order valence-corrected chi connectivity index (χ4v) is 2.13. The number of hydrogen-bond acceptors (Lipinski definition) is 2. The van der Waals surface area contributed by atoms with Gasteiger partial charge in [0.15, 0.2) is 0 Å². The largest absolute Gasteiger partial charge is 0.489 e. The Morgan fingerprint density at radius 3 is 2.48 bits per heavy atom. The highest BCUT2D eigenvalue weighted by atomic mass is 16.5. The van der Waals surface area contributed by atoms with E-state index in [1.807, 2.05) is 30.3 Å². The first-order chi connectivity index (χ1) is 10.4. The van der Waals surface area contributed by atoms with Crippen LogP contribution >= 0.6 is 0 Å². The van der Waals surface area contributed by atoms with E-state index in [2.05, 4.69) is 41.7 Å². The molecule has 2 aromatic carbocycles. The Kier molecular flexibility index (Phi) is 4.70. The molecule has 0 amide bonds. The van der Waals surface area contributed by atoms with E-state index < -0.39 is 0 Å². The van der Waals surface area contributed by atoms with Crippen LogP contribution in [0.25, 0.3) is 6.08 Å². The van der Waals surface area contributed by atoms with Crippen molar-refractivity contribution in [3.8, 4) is 5.75 Å². The van der Waals surface area contributed by atoms with Crippen molar-refractivity contribution in [1.82, 2.24) is 5.32 Å². The fourth-order valence-electron chi connectivity index (χ4n) is 2.13. The highest BCUT2D eigenvalue weighted by Gasteiger charge is 2.18. The monoisotopic (exact) mass is 279 g/mol. The Balaban J connectivity index is 1.46. The van der Waals surface area contributed by atoms with Gasteiger partial charge in [0.1, 0.15) is 12.4 Å². The molecule has 1 aliphatic rings. The van der Waals surface area contributed by atoms with Crippen molar-refractivity contribution < 1.29 is 4.74 Å². The molecule has 21 heavy (non-hydrogen) atoms. The van der Waals surface area contributed by atoms with Crippen molar-refractivity contribution in [3.05, 3.63) is 71.8 Å². The summed E-state index contributed by atoms with van der Waals surface area (Å²) in [6, 6.07) is 19.2. The zero-order valence-corrected chi connectivity index (χ0v) is 12.2. The lowest BCUT2D eigenvalue weighted by molar-refractivity contribution is 0.306. The van der Waals surface area contributed by atoms with E-state index in [-0.39, 0.29) is 0 Å². The molecule has 0 spiro atoms. The maximum absolute atomic E-state index is 5.78. The second kappa shape index (κ2) is 7.09. The minimum atomic E-state index is 0.612. The molecule has 0 aromatic heterocycles. The highest BCUT2D eigenvalue weighted by Crippen LogP contribution is 2.18. The molecular weight excluding hydrogens is 258 g/mol. The summed E-state index contributed by atoms with van der Waals surface area (Å²) in [5.74, 6) is 0.909. The maximum Gasteiger partial charge on any atom is 0.119 e. The van der Waals surface area contributed by atoms with Crippen LogP contribution < -0.4 is 10.1 Å². The van der Waals surface area contributed by atoms with Crippen LogP contribution in [-0.2, 0) is 6.61 Å². The smallest absolute Gasteiger partial charge is 0.119 e. The van der Waals surface area contributed by atoms with Gasteiger partial charge in [0.05, 0.1) is 0 Å². The first-order valence-electron chi connectivity index (χ1n) is 7.57. The van der Waals surface area contributed by atoms with Crippen molar-refractivity contribution in [2.24, 2.45) is 0 Å². The first-order valence-corrected chi connectivity index (χ1v) is 7.57. The fraction of sp³-hybridized carbons (Fsp3) is 0.263. The molecule has 0 saturated heterocycles. The molecule has 1 saturated carbocycles. The zero-order chi connectivity index (χ0) is 14.3. The van der Waals surface area contributed by atoms with Crippen molar-refractivity contribution in [3.63, 3.8) is 0 Å². The third-order valence-corrected chi connectivity index (χ3v) is 3.54. The third kappa shape index (κ3) is 4.76. The Morgan fingerprint density at radius 1 is 1.00 bits per heavy atom. The lowest BCUT2D eigenvalue weighted by atomic mass is 10.2. The van der Waals surface area contributed by atoms with E-state index in [1.54, 1.807) is 0 Å². The number of ether oxygens (including phenoxy) is 1.